The summed E-state index contributed by atoms with van der Waals surface area (Å²) in [6.45, 7) is 6.63. The van der Waals surface area contributed by atoms with Crippen molar-refractivity contribution in [2.45, 2.75) is 20.8 Å². The van der Waals surface area contributed by atoms with Crippen LogP contribution in [0.5, 0.6) is 0 Å². The van der Waals surface area contributed by atoms with Gasteiger partial charge in [-0.25, -0.2) is 0 Å². The van der Waals surface area contributed by atoms with E-state index in [-0.39, 0.29) is 20.1 Å². The van der Waals surface area contributed by atoms with Crippen molar-refractivity contribution in [2.75, 3.05) is 0 Å². The molecule has 1 radical (unpaired) electrons. The van der Waals surface area contributed by atoms with Gasteiger partial charge in [0.2, 0.25) is 0 Å². The molecule has 0 amide bonds. The Kier molecular flexibility index (Phi) is 8.34. The monoisotopic (exact) mass is 872 g/mol. The quantitative estimate of drug-likeness (QED) is 0.166. The summed E-state index contributed by atoms with van der Waals surface area (Å²) < 4.78 is 8.79. The summed E-state index contributed by atoms with van der Waals surface area (Å²) in [5.41, 5.74) is 15.8. The van der Waals surface area contributed by atoms with Gasteiger partial charge in [-0.1, -0.05) is 65.5 Å². The molecule has 0 aliphatic heterocycles. The Morgan fingerprint density at radius 2 is 1.24 bits per heavy atom. The molecule has 11 aromatic rings. The van der Waals surface area contributed by atoms with Crippen LogP contribution < -0.4 is 0 Å². The van der Waals surface area contributed by atoms with Gasteiger partial charge in [-0.15, -0.1) is 59.7 Å². The Morgan fingerprint density at radius 1 is 0.556 bits per heavy atom. The van der Waals surface area contributed by atoms with Crippen LogP contribution in [0.4, 0.5) is 0 Å². The number of furan rings is 1. The maximum absolute atomic E-state index is 6.34. The number of aromatic nitrogens is 3. The predicted molar refractivity (Wildman–Crippen MR) is 219 cm³/mol. The van der Waals surface area contributed by atoms with Crippen molar-refractivity contribution in [2.24, 2.45) is 0 Å². The zero-order valence-electron chi connectivity index (χ0n) is 29.9. The maximum Gasteiger partial charge on any atom is 0.137 e. The van der Waals surface area contributed by atoms with E-state index in [1.807, 2.05) is 66.9 Å². The third-order valence-electron chi connectivity index (χ3n) is 10.4. The standard InChI is InChI=1S/C38H25N2O.C11H8N.Ir/c1-21-16-22(2)35(23(3)17-21)25-19-29-26-12-14-34-36(27-8-4-5-10-33(27)41-34)38(26)40-32-13-11-24(31-9-6-7-15-39-31)18-28(32)30(20-25)37(29)40;1-2-6-10(7-3-1)11-8-4-5-9-12-11;/h4-10,12-20H,1-3H3;1-6,8-9H;/q2*-1;. The Balaban J connectivity index is 0.000000253. The average Bonchev–Trinajstić information content (AvgIpc) is 3.85. The zero-order valence-corrected chi connectivity index (χ0v) is 32.3. The van der Waals surface area contributed by atoms with E-state index in [9.17, 15) is 0 Å². The van der Waals surface area contributed by atoms with Crippen LogP contribution in [0.3, 0.4) is 0 Å². The van der Waals surface area contributed by atoms with Gasteiger partial charge in [0.05, 0.1) is 16.4 Å². The zero-order chi connectivity index (χ0) is 35.6. The molecule has 261 valence electrons. The van der Waals surface area contributed by atoms with Crippen molar-refractivity contribution in [3.8, 4) is 33.6 Å². The number of hydrogen-bond acceptors (Lipinski definition) is 3. The van der Waals surface area contributed by atoms with Crippen LogP contribution in [0.2, 0.25) is 0 Å². The van der Waals surface area contributed by atoms with E-state index in [1.165, 1.54) is 60.4 Å². The number of pyridine rings is 2. The average molecular weight is 872 g/mol. The number of aryl methyl sites for hydroxylation is 3. The summed E-state index contributed by atoms with van der Waals surface area (Å²) in [5, 5.41) is 7.25. The van der Waals surface area contributed by atoms with Gasteiger partial charge in [-0.05, 0) is 108 Å². The first-order chi connectivity index (χ1) is 26.0. The minimum absolute atomic E-state index is 0. The van der Waals surface area contributed by atoms with Crippen molar-refractivity contribution >= 4 is 60.0 Å². The number of hydrogen-bond donors (Lipinski definition) is 0. The van der Waals surface area contributed by atoms with E-state index in [0.29, 0.717) is 0 Å². The van der Waals surface area contributed by atoms with Gasteiger partial charge < -0.3 is 18.8 Å². The minimum Gasteiger partial charge on any atom is -0.456 e. The fourth-order valence-corrected chi connectivity index (χ4v) is 8.30. The summed E-state index contributed by atoms with van der Waals surface area (Å²) in [4.78, 5) is 8.84. The summed E-state index contributed by atoms with van der Waals surface area (Å²) >= 11 is 0. The van der Waals surface area contributed by atoms with Crippen LogP contribution in [0.25, 0.3) is 93.7 Å². The summed E-state index contributed by atoms with van der Waals surface area (Å²) in [6.07, 6.45) is 3.63. The molecule has 0 spiro atoms. The molecule has 54 heavy (non-hydrogen) atoms. The molecule has 0 unspecified atom stereocenters. The molecule has 5 heteroatoms. The Hall–Kier alpha value is -6.13. The van der Waals surface area contributed by atoms with Crippen molar-refractivity contribution in [3.05, 3.63) is 175 Å². The number of rotatable bonds is 3. The van der Waals surface area contributed by atoms with Crippen LogP contribution in [0, 0.1) is 32.9 Å². The molecule has 0 fully saturated rings. The Bertz CT molecular complexity index is 3070. The second-order valence-corrected chi connectivity index (χ2v) is 13.8. The topological polar surface area (TPSA) is 43.3 Å². The molecular formula is C49H33IrN3O-2. The van der Waals surface area contributed by atoms with Gasteiger partial charge in [0.15, 0.2) is 0 Å². The first-order valence-corrected chi connectivity index (χ1v) is 17.9. The van der Waals surface area contributed by atoms with Crippen LogP contribution >= 0.6 is 0 Å². The van der Waals surface area contributed by atoms with E-state index >= 15 is 0 Å². The van der Waals surface area contributed by atoms with E-state index in [4.69, 9.17) is 4.42 Å². The molecule has 5 aromatic heterocycles. The first-order valence-electron chi connectivity index (χ1n) is 17.9. The number of nitrogens with zero attached hydrogens (tertiary/aromatic N) is 3. The fourth-order valence-electron chi connectivity index (χ4n) is 8.30. The Labute approximate surface area is 326 Å². The SMILES string of the molecule is Cc1cc(C)c(-c2cc3c4cc(-c5ccccn5)[c-]cc4n4c3c(c2)c2ccc3oc5ccccc5c3c24)c(C)c1.[Ir].[c-]1ccccc1-c1ccccn1. The molecule has 11 rings (SSSR count). The third kappa shape index (κ3) is 5.39. The van der Waals surface area contributed by atoms with Gasteiger partial charge >= 0.3 is 0 Å². The van der Waals surface area contributed by atoms with Gasteiger partial charge in [0.1, 0.15) is 11.2 Å². The first kappa shape index (κ1) is 33.7. The second kappa shape index (κ2) is 13.4. The third-order valence-corrected chi connectivity index (χ3v) is 10.4. The molecule has 0 N–H and O–H groups in total. The normalized spacial score (nSPS) is 11.5. The molecule has 0 atom stereocenters. The van der Waals surface area contributed by atoms with Gasteiger partial charge in [-0.2, -0.15) is 0 Å². The van der Waals surface area contributed by atoms with E-state index < -0.39 is 0 Å². The minimum atomic E-state index is 0. The van der Waals surface area contributed by atoms with Gasteiger partial charge in [0.25, 0.3) is 0 Å². The van der Waals surface area contributed by atoms with Crippen molar-refractivity contribution in [3.63, 3.8) is 0 Å². The summed E-state index contributed by atoms with van der Waals surface area (Å²) in [7, 11) is 0. The molecule has 6 aromatic carbocycles. The maximum atomic E-state index is 6.34. The Morgan fingerprint density at radius 3 is 1.94 bits per heavy atom. The molecule has 0 aliphatic carbocycles. The van der Waals surface area contributed by atoms with Crippen LogP contribution in [-0.2, 0) is 20.1 Å². The summed E-state index contributed by atoms with van der Waals surface area (Å²) in [6, 6.07) is 52.9. The van der Waals surface area contributed by atoms with E-state index in [2.05, 4.69) is 120 Å². The molecule has 4 nitrogen and oxygen atoms in total. The molecule has 0 bridgehead atoms. The largest absolute Gasteiger partial charge is 0.456 e. The van der Waals surface area contributed by atoms with Crippen LogP contribution in [0.1, 0.15) is 16.7 Å². The number of para-hydroxylation sites is 1. The molecule has 0 saturated carbocycles. The predicted octanol–water partition coefficient (Wildman–Crippen LogP) is 12.7. The van der Waals surface area contributed by atoms with Crippen molar-refractivity contribution in [1.29, 1.82) is 0 Å². The van der Waals surface area contributed by atoms with Crippen LogP contribution in [0.15, 0.2) is 150 Å². The molecule has 0 saturated heterocycles. The van der Waals surface area contributed by atoms with Gasteiger partial charge in [0, 0.05) is 48.7 Å². The van der Waals surface area contributed by atoms with E-state index in [0.717, 1.165) is 50.0 Å². The van der Waals surface area contributed by atoms with E-state index in [1.54, 1.807) is 6.20 Å². The number of fused-ring (bicyclic) bond motifs is 10. The molecule has 0 aliphatic rings. The summed E-state index contributed by atoms with van der Waals surface area (Å²) in [5.74, 6) is 0. The molecular weight excluding hydrogens is 839 g/mol. The van der Waals surface area contributed by atoms with Crippen molar-refractivity contribution in [1.82, 2.24) is 14.4 Å². The van der Waals surface area contributed by atoms with Gasteiger partial charge in [-0.3, -0.25) is 0 Å². The van der Waals surface area contributed by atoms with Crippen LogP contribution in [-0.4, -0.2) is 14.4 Å². The number of benzene rings is 6. The molecule has 5 heterocycles. The van der Waals surface area contributed by atoms with Crippen molar-refractivity contribution < 1.29 is 24.5 Å². The fraction of sp³-hybridized carbons (Fsp3) is 0.0612. The second-order valence-electron chi connectivity index (χ2n) is 13.8. The smallest absolute Gasteiger partial charge is 0.137 e.